The van der Waals surface area contributed by atoms with Gasteiger partial charge in [-0.1, -0.05) is 18.2 Å². The van der Waals surface area contributed by atoms with Crippen LogP contribution in [0.2, 0.25) is 0 Å². The Balaban J connectivity index is 2.67. The van der Waals surface area contributed by atoms with Gasteiger partial charge in [0.05, 0.1) is 5.52 Å². The standard InChI is InChI=1S/C13H14N2/c1-9-13-11(8-14(9)2)10-6-4-5-7-12(10)15(13)3/h4-8H,1-3H3. The van der Waals surface area contributed by atoms with Gasteiger partial charge in [-0.2, -0.15) is 0 Å². The number of para-hydroxylation sites is 1. The molecule has 3 rings (SSSR count). The summed E-state index contributed by atoms with van der Waals surface area (Å²) in [6.45, 7) is 2.17. The molecule has 0 aliphatic rings. The average Bonchev–Trinajstić information content (AvgIpc) is 2.68. The first-order chi connectivity index (χ1) is 7.20. The number of rotatable bonds is 0. The summed E-state index contributed by atoms with van der Waals surface area (Å²) < 4.78 is 4.47. The van der Waals surface area contributed by atoms with E-state index in [4.69, 9.17) is 0 Å². The zero-order valence-electron chi connectivity index (χ0n) is 9.28. The second-order valence-electron chi connectivity index (χ2n) is 4.16. The Morgan fingerprint density at radius 2 is 1.73 bits per heavy atom. The smallest absolute Gasteiger partial charge is 0.0698 e. The Morgan fingerprint density at radius 1 is 1.00 bits per heavy atom. The fraction of sp³-hybridized carbons (Fsp3) is 0.231. The normalized spacial score (nSPS) is 11.7. The predicted octanol–water partition coefficient (Wildman–Crippen LogP) is 2.98. The van der Waals surface area contributed by atoms with Gasteiger partial charge in [-0.25, -0.2) is 0 Å². The Hall–Kier alpha value is -1.70. The van der Waals surface area contributed by atoms with Crippen LogP contribution in [0, 0.1) is 6.92 Å². The van der Waals surface area contributed by atoms with Gasteiger partial charge in [0.15, 0.2) is 0 Å². The van der Waals surface area contributed by atoms with Crippen LogP contribution in [0.4, 0.5) is 0 Å². The Morgan fingerprint density at radius 3 is 2.53 bits per heavy atom. The topological polar surface area (TPSA) is 9.86 Å². The highest BCUT2D eigenvalue weighted by Crippen LogP contribution is 2.30. The molecule has 2 nitrogen and oxygen atoms in total. The summed E-state index contributed by atoms with van der Waals surface area (Å²) in [6, 6.07) is 8.56. The molecule has 2 heteroatoms. The van der Waals surface area contributed by atoms with Crippen LogP contribution in [0.25, 0.3) is 21.8 Å². The van der Waals surface area contributed by atoms with E-state index < -0.39 is 0 Å². The fourth-order valence-corrected chi connectivity index (χ4v) is 2.45. The molecule has 0 amide bonds. The van der Waals surface area contributed by atoms with Gasteiger partial charge in [0.25, 0.3) is 0 Å². The summed E-state index contributed by atoms with van der Waals surface area (Å²) in [4.78, 5) is 0. The maximum absolute atomic E-state index is 2.28. The Kier molecular flexibility index (Phi) is 1.52. The van der Waals surface area contributed by atoms with Crippen LogP contribution in [-0.2, 0) is 14.1 Å². The molecule has 0 aliphatic carbocycles. The zero-order valence-corrected chi connectivity index (χ0v) is 9.28. The molecule has 0 N–H and O–H groups in total. The number of aryl methyl sites for hydroxylation is 3. The van der Waals surface area contributed by atoms with E-state index in [1.807, 2.05) is 0 Å². The van der Waals surface area contributed by atoms with Crippen molar-refractivity contribution in [2.45, 2.75) is 6.92 Å². The molecule has 0 radical (unpaired) electrons. The maximum atomic E-state index is 2.28. The first-order valence-electron chi connectivity index (χ1n) is 5.19. The van der Waals surface area contributed by atoms with Crippen LogP contribution in [0.3, 0.4) is 0 Å². The van der Waals surface area contributed by atoms with E-state index in [2.05, 4.69) is 60.6 Å². The lowest BCUT2D eigenvalue weighted by Crippen LogP contribution is -1.92. The molecule has 76 valence electrons. The quantitative estimate of drug-likeness (QED) is 0.525. The van der Waals surface area contributed by atoms with Crippen molar-refractivity contribution in [2.75, 3.05) is 0 Å². The van der Waals surface area contributed by atoms with Crippen molar-refractivity contribution in [3.63, 3.8) is 0 Å². The third-order valence-corrected chi connectivity index (χ3v) is 3.34. The maximum Gasteiger partial charge on any atom is 0.0698 e. The highest BCUT2D eigenvalue weighted by Gasteiger charge is 2.12. The highest BCUT2D eigenvalue weighted by atomic mass is 15.0. The molecule has 3 aromatic rings. The zero-order chi connectivity index (χ0) is 10.6. The first kappa shape index (κ1) is 8.60. The molecule has 2 aromatic heterocycles. The third-order valence-electron chi connectivity index (χ3n) is 3.34. The summed E-state index contributed by atoms with van der Waals surface area (Å²) in [7, 11) is 4.24. The van der Waals surface area contributed by atoms with Crippen molar-refractivity contribution < 1.29 is 0 Å². The SMILES string of the molecule is Cc1c2c(cn1C)c1ccccc1n2C. The summed E-state index contributed by atoms with van der Waals surface area (Å²) in [5.74, 6) is 0. The van der Waals surface area contributed by atoms with Crippen LogP contribution in [0.5, 0.6) is 0 Å². The first-order valence-corrected chi connectivity index (χ1v) is 5.19. The lowest BCUT2D eigenvalue weighted by molar-refractivity contribution is 0.877. The van der Waals surface area contributed by atoms with Gasteiger partial charge in [0.2, 0.25) is 0 Å². The van der Waals surface area contributed by atoms with E-state index in [1.165, 1.54) is 27.5 Å². The molecule has 0 unspecified atom stereocenters. The predicted molar refractivity (Wildman–Crippen MR) is 64.1 cm³/mol. The summed E-state index contributed by atoms with van der Waals surface area (Å²) in [6.07, 6.45) is 2.22. The molecular formula is C13H14N2. The molecule has 0 aliphatic heterocycles. The molecule has 0 bridgehead atoms. The summed E-state index contributed by atoms with van der Waals surface area (Å²) >= 11 is 0. The lowest BCUT2D eigenvalue weighted by Gasteiger charge is -2.00. The van der Waals surface area contributed by atoms with Crippen molar-refractivity contribution in [1.29, 1.82) is 0 Å². The van der Waals surface area contributed by atoms with Crippen molar-refractivity contribution in [3.05, 3.63) is 36.2 Å². The van der Waals surface area contributed by atoms with E-state index >= 15 is 0 Å². The number of fused-ring (bicyclic) bond motifs is 3. The van der Waals surface area contributed by atoms with Gasteiger partial charge < -0.3 is 9.13 Å². The number of hydrogen-bond acceptors (Lipinski definition) is 0. The van der Waals surface area contributed by atoms with Crippen LogP contribution in [-0.4, -0.2) is 9.13 Å². The van der Waals surface area contributed by atoms with E-state index in [9.17, 15) is 0 Å². The largest absolute Gasteiger partial charge is 0.352 e. The molecule has 0 fully saturated rings. The van der Waals surface area contributed by atoms with Crippen LogP contribution in [0.15, 0.2) is 30.5 Å². The number of hydrogen-bond donors (Lipinski definition) is 0. The van der Waals surface area contributed by atoms with Crippen molar-refractivity contribution >= 4 is 21.8 Å². The van der Waals surface area contributed by atoms with Crippen molar-refractivity contribution in [1.82, 2.24) is 9.13 Å². The van der Waals surface area contributed by atoms with Crippen LogP contribution < -0.4 is 0 Å². The highest BCUT2D eigenvalue weighted by molar-refractivity contribution is 6.08. The van der Waals surface area contributed by atoms with Gasteiger partial charge >= 0.3 is 0 Å². The van der Waals surface area contributed by atoms with Gasteiger partial charge in [0.1, 0.15) is 0 Å². The van der Waals surface area contributed by atoms with Gasteiger partial charge in [-0.15, -0.1) is 0 Å². The number of nitrogens with zero attached hydrogens (tertiary/aromatic N) is 2. The van der Waals surface area contributed by atoms with Crippen LogP contribution in [0.1, 0.15) is 5.69 Å². The number of aromatic nitrogens is 2. The van der Waals surface area contributed by atoms with Crippen molar-refractivity contribution in [2.24, 2.45) is 14.1 Å². The Labute approximate surface area is 88.7 Å². The lowest BCUT2D eigenvalue weighted by atomic mass is 10.2. The fourth-order valence-electron chi connectivity index (χ4n) is 2.45. The van der Waals surface area contributed by atoms with Gasteiger partial charge in [-0.05, 0) is 13.0 Å². The third kappa shape index (κ3) is 0.938. The number of benzene rings is 1. The Bertz CT molecular complexity index is 656. The summed E-state index contributed by atoms with van der Waals surface area (Å²) in [5.41, 5.74) is 3.98. The molecule has 0 atom stereocenters. The minimum absolute atomic E-state index is 1.31. The molecule has 0 saturated carbocycles. The molecular weight excluding hydrogens is 184 g/mol. The van der Waals surface area contributed by atoms with E-state index in [0.29, 0.717) is 0 Å². The molecule has 1 aromatic carbocycles. The summed E-state index contributed by atoms with van der Waals surface area (Å²) in [5, 5.41) is 2.70. The van der Waals surface area contributed by atoms with Crippen molar-refractivity contribution in [3.8, 4) is 0 Å². The molecule has 2 heterocycles. The van der Waals surface area contributed by atoms with E-state index in [-0.39, 0.29) is 0 Å². The molecule has 0 spiro atoms. The molecule has 15 heavy (non-hydrogen) atoms. The monoisotopic (exact) mass is 198 g/mol. The minimum Gasteiger partial charge on any atom is -0.352 e. The molecule has 0 saturated heterocycles. The van der Waals surface area contributed by atoms with Gasteiger partial charge in [0, 0.05) is 42.3 Å². The van der Waals surface area contributed by atoms with E-state index in [0.717, 1.165) is 0 Å². The second kappa shape index (κ2) is 2.66. The minimum atomic E-state index is 1.31. The second-order valence-corrected chi connectivity index (χ2v) is 4.16. The van der Waals surface area contributed by atoms with Crippen LogP contribution >= 0.6 is 0 Å². The average molecular weight is 198 g/mol. The van der Waals surface area contributed by atoms with E-state index in [1.54, 1.807) is 0 Å². The van der Waals surface area contributed by atoms with Gasteiger partial charge in [-0.3, -0.25) is 0 Å².